The van der Waals surface area contributed by atoms with Crippen molar-refractivity contribution in [2.45, 2.75) is 65.6 Å². The smallest absolute Gasteiger partial charge is 0.339 e. The van der Waals surface area contributed by atoms with Crippen LogP contribution in [0.4, 0.5) is 10.5 Å². The van der Waals surface area contributed by atoms with Crippen LogP contribution in [-0.2, 0) is 17.8 Å². The third-order valence-corrected chi connectivity index (χ3v) is 6.63. The molecule has 2 rings (SSSR count). The van der Waals surface area contributed by atoms with Crippen LogP contribution in [-0.4, -0.2) is 55.2 Å². The number of rotatable bonds is 11. The van der Waals surface area contributed by atoms with Gasteiger partial charge >= 0.3 is 6.03 Å². The van der Waals surface area contributed by atoms with E-state index in [0.717, 1.165) is 47.8 Å². The maximum absolute atomic E-state index is 12.9. The first-order chi connectivity index (χ1) is 14.8. The number of carbonyl (C=O) groups excluding carboxylic acids is 1. The molecule has 7 nitrogen and oxygen atoms in total. The summed E-state index contributed by atoms with van der Waals surface area (Å²) >= 11 is 4.21. The Morgan fingerprint density at radius 2 is 1.87 bits per heavy atom. The van der Waals surface area contributed by atoms with Crippen LogP contribution >= 0.6 is 11.6 Å². The number of hydrogen-bond acceptors (Lipinski definition) is 4. The van der Waals surface area contributed by atoms with Crippen LogP contribution in [0.25, 0.3) is 0 Å². The van der Waals surface area contributed by atoms with Gasteiger partial charge in [0.2, 0.25) is 0 Å². The van der Waals surface area contributed by atoms with Gasteiger partial charge in [0, 0.05) is 49.8 Å². The van der Waals surface area contributed by atoms with E-state index in [9.17, 15) is 13.6 Å². The highest BCUT2D eigenvalue weighted by atomic mass is 35.5. The van der Waals surface area contributed by atoms with E-state index >= 15 is 0 Å². The molecule has 0 aliphatic carbocycles. The van der Waals surface area contributed by atoms with Crippen molar-refractivity contribution in [2.75, 3.05) is 25.0 Å². The number of urea groups is 1. The SMILES string of the molecule is CCCCCN(C(=O)N1C=CN(Cc2ccc(N(C)CCCC)cc2Cl)C1C)S(=O)O. The minimum absolute atomic E-state index is 0.256. The van der Waals surface area contributed by atoms with E-state index in [0.29, 0.717) is 18.0 Å². The molecule has 0 saturated heterocycles. The van der Waals surface area contributed by atoms with Crippen LogP contribution in [0.15, 0.2) is 30.6 Å². The second-order valence-corrected chi connectivity index (χ2v) is 9.19. The summed E-state index contributed by atoms with van der Waals surface area (Å²) in [6.07, 6.45) is 8.04. The van der Waals surface area contributed by atoms with E-state index < -0.39 is 17.3 Å². The molecule has 2 unspecified atom stereocenters. The van der Waals surface area contributed by atoms with Crippen molar-refractivity contribution in [1.29, 1.82) is 0 Å². The second kappa shape index (κ2) is 12.3. The fraction of sp³-hybridized carbons (Fsp3) is 0.591. The number of anilines is 1. The molecule has 174 valence electrons. The Morgan fingerprint density at radius 3 is 2.48 bits per heavy atom. The summed E-state index contributed by atoms with van der Waals surface area (Å²) in [5, 5.41) is 0.684. The highest BCUT2D eigenvalue weighted by Crippen LogP contribution is 2.27. The fourth-order valence-corrected chi connectivity index (χ4v) is 4.22. The van der Waals surface area contributed by atoms with Crippen LogP contribution in [0.5, 0.6) is 0 Å². The zero-order chi connectivity index (χ0) is 23.0. The molecule has 1 heterocycles. The summed E-state index contributed by atoms with van der Waals surface area (Å²) in [5.41, 5.74) is 2.04. The van der Waals surface area contributed by atoms with Gasteiger partial charge in [0.15, 0.2) is 0 Å². The summed E-state index contributed by atoms with van der Waals surface area (Å²) in [6, 6.07) is 5.59. The Hall–Kier alpha value is -1.77. The molecule has 2 atom stereocenters. The van der Waals surface area contributed by atoms with E-state index in [1.165, 1.54) is 4.90 Å². The number of hydrogen-bond donors (Lipinski definition) is 1. The van der Waals surface area contributed by atoms with Gasteiger partial charge in [0.25, 0.3) is 11.3 Å². The van der Waals surface area contributed by atoms with Crippen LogP contribution in [0.1, 0.15) is 58.4 Å². The Morgan fingerprint density at radius 1 is 1.16 bits per heavy atom. The Kier molecular flexibility index (Phi) is 10.1. The first kappa shape index (κ1) is 25.5. The summed E-state index contributed by atoms with van der Waals surface area (Å²) in [7, 11) is 2.06. The summed E-state index contributed by atoms with van der Waals surface area (Å²) in [4.78, 5) is 18.5. The van der Waals surface area contributed by atoms with Gasteiger partial charge in [-0.25, -0.2) is 13.3 Å². The predicted octanol–water partition coefficient (Wildman–Crippen LogP) is 5.26. The van der Waals surface area contributed by atoms with Crippen molar-refractivity contribution in [2.24, 2.45) is 0 Å². The molecule has 31 heavy (non-hydrogen) atoms. The molecule has 9 heteroatoms. The van der Waals surface area contributed by atoms with Crippen LogP contribution in [0, 0.1) is 0 Å². The van der Waals surface area contributed by atoms with Gasteiger partial charge < -0.3 is 9.80 Å². The maximum atomic E-state index is 12.9. The number of nitrogens with zero attached hydrogens (tertiary/aromatic N) is 4. The van der Waals surface area contributed by atoms with Crippen molar-refractivity contribution in [1.82, 2.24) is 14.1 Å². The van der Waals surface area contributed by atoms with Crippen molar-refractivity contribution in [3.8, 4) is 0 Å². The standard InChI is InChI=1S/C22H35ClN4O3S/c1-5-7-9-13-27(31(29)30)22(28)26-15-14-25(18(26)3)17-19-10-11-20(16-21(19)23)24(4)12-8-6-2/h10-11,14-16,18H,5-9,12-13,17H2,1-4H3,(H,29,30). The van der Waals surface area contributed by atoms with E-state index in [4.69, 9.17) is 11.6 Å². The Balaban J connectivity index is 2.03. The fourth-order valence-electron chi connectivity index (χ4n) is 3.47. The zero-order valence-electron chi connectivity index (χ0n) is 19.0. The molecule has 2 amide bonds. The quantitative estimate of drug-likeness (QED) is 0.353. The van der Waals surface area contributed by atoms with Gasteiger partial charge in [0.1, 0.15) is 6.17 Å². The van der Waals surface area contributed by atoms with Gasteiger partial charge in [-0.05, 0) is 37.5 Å². The molecule has 1 N–H and O–H groups in total. The molecule has 0 fully saturated rings. The largest absolute Gasteiger partial charge is 0.375 e. The van der Waals surface area contributed by atoms with Crippen molar-refractivity contribution in [3.63, 3.8) is 0 Å². The molecule has 0 aromatic heterocycles. The van der Waals surface area contributed by atoms with E-state index in [-0.39, 0.29) is 12.7 Å². The zero-order valence-corrected chi connectivity index (χ0v) is 20.5. The summed E-state index contributed by atoms with van der Waals surface area (Å²) < 4.78 is 22.3. The lowest BCUT2D eigenvalue weighted by Crippen LogP contribution is -2.47. The van der Waals surface area contributed by atoms with Gasteiger partial charge in [-0.15, -0.1) is 0 Å². The molecule has 0 saturated carbocycles. The maximum Gasteiger partial charge on any atom is 0.339 e. The minimum atomic E-state index is -2.35. The normalized spacial score (nSPS) is 16.6. The monoisotopic (exact) mass is 470 g/mol. The van der Waals surface area contributed by atoms with E-state index in [2.05, 4.69) is 24.9 Å². The van der Waals surface area contributed by atoms with Gasteiger partial charge in [-0.3, -0.25) is 9.45 Å². The first-order valence-electron chi connectivity index (χ1n) is 10.9. The molecule has 0 bridgehead atoms. The van der Waals surface area contributed by atoms with Crippen molar-refractivity contribution in [3.05, 3.63) is 41.2 Å². The van der Waals surface area contributed by atoms with Crippen molar-refractivity contribution >= 4 is 34.6 Å². The lowest BCUT2D eigenvalue weighted by molar-refractivity contribution is 0.146. The van der Waals surface area contributed by atoms with Crippen LogP contribution in [0.3, 0.4) is 0 Å². The Labute approximate surface area is 194 Å². The lowest BCUT2D eigenvalue weighted by Gasteiger charge is -2.31. The third-order valence-electron chi connectivity index (χ3n) is 5.57. The topological polar surface area (TPSA) is 67.3 Å². The highest BCUT2D eigenvalue weighted by molar-refractivity contribution is 7.77. The first-order valence-corrected chi connectivity index (χ1v) is 12.4. The number of carbonyl (C=O) groups is 1. The van der Waals surface area contributed by atoms with Crippen LogP contribution < -0.4 is 4.90 Å². The average Bonchev–Trinajstić information content (AvgIpc) is 3.10. The van der Waals surface area contributed by atoms with E-state index in [1.807, 2.05) is 37.1 Å². The minimum Gasteiger partial charge on any atom is -0.375 e. The molecule has 1 aromatic carbocycles. The molecule has 1 aromatic rings. The van der Waals surface area contributed by atoms with Gasteiger partial charge in [0.05, 0.1) is 0 Å². The average molecular weight is 471 g/mol. The predicted molar refractivity (Wildman–Crippen MR) is 128 cm³/mol. The number of unbranched alkanes of at least 4 members (excludes halogenated alkanes) is 3. The second-order valence-electron chi connectivity index (χ2n) is 7.88. The number of benzene rings is 1. The summed E-state index contributed by atoms with van der Waals surface area (Å²) in [6.45, 7) is 7.89. The number of halogens is 1. The number of amides is 2. The molecule has 1 aliphatic heterocycles. The molecular formula is C22H35ClN4O3S. The van der Waals surface area contributed by atoms with Gasteiger partial charge in [-0.1, -0.05) is 50.8 Å². The highest BCUT2D eigenvalue weighted by Gasteiger charge is 2.32. The summed E-state index contributed by atoms with van der Waals surface area (Å²) in [5.74, 6) is 0. The molecule has 1 aliphatic rings. The Bertz CT molecular complexity index is 792. The van der Waals surface area contributed by atoms with E-state index in [1.54, 1.807) is 6.20 Å². The van der Waals surface area contributed by atoms with Crippen molar-refractivity contribution < 1.29 is 13.6 Å². The third kappa shape index (κ3) is 6.85. The molecule has 0 spiro atoms. The lowest BCUT2D eigenvalue weighted by atomic mass is 10.1. The molecule has 0 radical (unpaired) electrons. The van der Waals surface area contributed by atoms with Gasteiger partial charge in [-0.2, -0.15) is 0 Å². The van der Waals surface area contributed by atoms with Crippen LogP contribution in [0.2, 0.25) is 5.02 Å². The molecular weight excluding hydrogens is 436 g/mol.